The lowest BCUT2D eigenvalue weighted by molar-refractivity contribution is -0.384. The molecule has 0 aliphatic rings. The first kappa shape index (κ1) is 13.5. The van der Waals surface area contributed by atoms with Crippen LogP contribution in [0.2, 0.25) is 0 Å². The van der Waals surface area contributed by atoms with Crippen LogP contribution in [0.15, 0.2) is 42.5 Å². The Morgan fingerprint density at radius 2 is 2.00 bits per heavy atom. The number of non-ortho nitro benzene ring substituents is 1. The van der Waals surface area contributed by atoms with Crippen LogP contribution in [0.5, 0.6) is 11.5 Å². The maximum atomic E-state index is 10.8. The van der Waals surface area contributed by atoms with Crippen molar-refractivity contribution in [3.05, 3.63) is 63.7 Å². The first-order chi connectivity index (χ1) is 9.47. The first-order valence-electron chi connectivity index (χ1n) is 5.73. The van der Waals surface area contributed by atoms with E-state index in [1.807, 2.05) is 0 Å². The summed E-state index contributed by atoms with van der Waals surface area (Å²) in [5.41, 5.74) is 0.729. The molecule has 0 heterocycles. The molecule has 0 unspecified atom stereocenters. The van der Waals surface area contributed by atoms with E-state index in [9.17, 15) is 14.9 Å². The lowest BCUT2D eigenvalue weighted by atomic mass is 10.1. The van der Waals surface area contributed by atoms with Crippen molar-refractivity contribution in [2.75, 3.05) is 0 Å². The Bertz CT molecular complexity index is 681. The molecule has 0 amide bonds. The van der Waals surface area contributed by atoms with E-state index in [2.05, 4.69) is 0 Å². The molecule has 0 aromatic heterocycles. The van der Waals surface area contributed by atoms with Crippen molar-refractivity contribution in [1.82, 2.24) is 0 Å². The van der Waals surface area contributed by atoms with Gasteiger partial charge in [-0.05, 0) is 36.8 Å². The molecule has 0 saturated carbocycles. The van der Waals surface area contributed by atoms with Gasteiger partial charge in [0.05, 0.1) is 16.6 Å². The minimum Gasteiger partial charge on any atom is -0.478 e. The number of aryl methyl sites for hydroxylation is 1. The summed E-state index contributed by atoms with van der Waals surface area (Å²) in [5.74, 6) is -0.240. The molecule has 20 heavy (non-hydrogen) atoms. The van der Waals surface area contributed by atoms with Crippen molar-refractivity contribution < 1.29 is 19.6 Å². The number of carbonyl (C=O) groups is 1. The molecule has 0 bridgehead atoms. The maximum Gasteiger partial charge on any atom is 0.335 e. The number of carboxylic acids is 1. The number of hydrogen-bond donors (Lipinski definition) is 1. The molecule has 2 aromatic carbocycles. The SMILES string of the molecule is Cc1cc(C(=O)O)ccc1Oc1cccc([N+](=O)[O-])c1. The van der Waals surface area contributed by atoms with E-state index in [0.29, 0.717) is 17.1 Å². The van der Waals surface area contributed by atoms with Crippen LogP contribution in [-0.4, -0.2) is 16.0 Å². The van der Waals surface area contributed by atoms with Gasteiger partial charge in [0, 0.05) is 6.07 Å². The molecule has 6 heteroatoms. The summed E-state index contributed by atoms with van der Waals surface area (Å²) >= 11 is 0. The zero-order chi connectivity index (χ0) is 14.7. The number of aromatic carboxylic acids is 1. The zero-order valence-corrected chi connectivity index (χ0v) is 10.6. The molecule has 1 N–H and O–H groups in total. The zero-order valence-electron chi connectivity index (χ0n) is 10.6. The number of hydrogen-bond acceptors (Lipinski definition) is 4. The van der Waals surface area contributed by atoms with Gasteiger partial charge in [0.2, 0.25) is 0 Å². The molecule has 102 valence electrons. The lowest BCUT2D eigenvalue weighted by Gasteiger charge is -2.09. The molecule has 0 aliphatic carbocycles. The van der Waals surface area contributed by atoms with Gasteiger partial charge in [-0.25, -0.2) is 4.79 Å². The molecule has 2 aromatic rings. The van der Waals surface area contributed by atoms with Crippen molar-refractivity contribution in [3.8, 4) is 11.5 Å². The third-order valence-electron chi connectivity index (χ3n) is 2.68. The molecule has 6 nitrogen and oxygen atoms in total. The highest BCUT2D eigenvalue weighted by molar-refractivity contribution is 5.88. The Morgan fingerprint density at radius 1 is 1.25 bits per heavy atom. The Labute approximate surface area is 114 Å². The number of rotatable bonds is 4. The van der Waals surface area contributed by atoms with Crippen LogP contribution in [0.3, 0.4) is 0 Å². The number of ether oxygens (including phenoxy) is 1. The fourth-order valence-corrected chi connectivity index (χ4v) is 1.68. The predicted octanol–water partition coefficient (Wildman–Crippen LogP) is 3.39. The van der Waals surface area contributed by atoms with E-state index in [1.165, 1.54) is 36.4 Å². The second-order valence-electron chi connectivity index (χ2n) is 4.14. The average Bonchev–Trinajstić information content (AvgIpc) is 2.41. The van der Waals surface area contributed by atoms with Crippen molar-refractivity contribution in [2.45, 2.75) is 6.92 Å². The number of nitrogens with zero attached hydrogens (tertiary/aromatic N) is 1. The summed E-state index contributed by atoms with van der Waals surface area (Å²) < 4.78 is 5.54. The molecule has 0 saturated heterocycles. The molecular formula is C14H11NO5. The second kappa shape index (κ2) is 5.40. The van der Waals surface area contributed by atoms with Gasteiger partial charge >= 0.3 is 5.97 Å². The molecule has 0 fully saturated rings. The lowest BCUT2D eigenvalue weighted by Crippen LogP contribution is -1.97. The summed E-state index contributed by atoms with van der Waals surface area (Å²) in [5, 5.41) is 19.5. The van der Waals surface area contributed by atoms with Gasteiger partial charge in [0.15, 0.2) is 0 Å². The fraction of sp³-hybridized carbons (Fsp3) is 0.0714. The van der Waals surface area contributed by atoms with Gasteiger partial charge in [0.1, 0.15) is 11.5 Å². The van der Waals surface area contributed by atoms with Crippen LogP contribution in [0.25, 0.3) is 0 Å². The standard InChI is InChI=1S/C14H11NO5/c1-9-7-10(14(16)17)5-6-13(9)20-12-4-2-3-11(8-12)15(18)19/h2-8H,1H3,(H,16,17). The van der Waals surface area contributed by atoms with Crippen molar-refractivity contribution in [3.63, 3.8) is 0 Å². The van der Waals surface area contributed by atoms with Gasteiger partial charge in [-0.15, -0.1) is 0 Å². The minimum atomic E-state index is -1.02. The summed E-state index contributed by atoms with van der Waals surface area (Å²) in [6.45, 7) is 1.71. The highest BCUT2D eigenvalue weighted by Gasteiger charge is 2.10. The summed E-state index contributed by atoms with van der Waals surface area (Å²) in [4.78, 5) is 21.0. The Hall–Kier alpha value is -2.89. The third kappa shape index (κ3) is 2.92. The number of carboxylic acid groups (broad SMARTS) is 1. The van der Waals surface area contributed by atoms with Gasteiger partial charge in [-0.2, -0.15) is 0 Å². The van der Waals surface area contributed by atoms with Gasteiger partial charge < -0.3 is 9.84 Å². The van der Waals surface area contributed by atoms with E-state index in [-0.39, 0.29) is 11.3 Å². The monoisotopic (exact) mass is 273 g/mol. The molecule has 0 spiro atoms. The number of nitro groups is 1. The molecule has 0 atom stereocenters. The Kier molecular flexibility index (Phi) is 3.65. The molecule has 0 radical (unpaired) electrons. The Morgan fingerprint density at radius 3 is 2.60 bits per heavy atom. The van der Waals surface area contributed by atoms with E-state index >= 15 is 0 Å². The van der Waals surface area contributed by atoms with Crippen molar-refractivity contribution >= 4 is 11.7 Å². The maximum absolute atomic E-state index is 10.8. The quantitative estimate of drug-likeness (QED) is 0.681. The van der Waals surface area contributed by atoms with E-state index in [0.717, 1.165) is 0 Å². The average molecular weight is 273 g/mol. The molecular weight excluding hydrogens is 262 g/mol. The van der Waals surface area contributed by atoms with Gasteiger partial charge in [-0.1, -0.05) is 6.07 Å². The first-order valence-corrected chi connectivity index (χ1v) is 5.73. The number of nitro benzene ring substituents is 1. The van der Waals surface area contributed by atoms with E-state index < -0.39 is 10.9 Å². The van der Waals surface area contributed by atoms with Crippen LogP contribution >= 0.6 is 0 Å². The molecule has 2 rings (SSSR count). The summed E-state index contributed by atoms with van der Waals surface area (Å²) in [7, 11) is 0. The topological polar surface area (TPSA) is 89.7 Å². The highest BCUT2D eigenvalue weighted by atomic mass is 16.6. The van der Waals surface area contributed by atoms with Crippen LogP contribution in [0.1, 0.15) is 15.9 Å². The van der Waals surface area contributed by atoms with Gasteiger partial charge in [-0.3, -0.25) is 10.1 Å². The fourth-order valence-electron chi connectivity index (χ4n) is 1.68. The predicted molar refractivity (Wildman–Crippen MR) is 71.3 cm³/mol. The van der Waals surface area contributed by atoms with Crippen molar-refractivity contribution in [2.24, 2.45) is 0 Å². The van der Waals surface area contributed by atoms with Crippen molar-refractivity contribution in [1.29, 1.82) is 0 Å². The smallest absolute Gasteiger partial charge is 0.335 e. The third-order valence-corrected chi connectivity index (χ3v) is 2.68. The second-order valence-corrected chi connectivity index (χ2v) is 4.14. The van der Waals surface area contributed by atoms with Crippen LogP contribution in [0.4, 0.5) is 5.69 Å². The minimum absolute atomic E-state index is 0.0673. The summed E-state index contributed by atoms with van der Waals surface area (Å²) in [6, 6.07) is 10.2. The van der Waals surface area contributed by atoms with Crippen LogP contribution < -0.4 is 4.74 Å². The normalized spacial score (nSPS) is 10.1. The van der Waals surface area contributed by atoms with E-state index in [4.69, 9.17) is 9.84 Å². The number of benzene rings is 2. The molecule has 0 aliphatic heterocycles. The largest absolute Gasteiger partial charge is 0.478 e. The Balaban J connectivity index is 2.28. The summed E-state index contributed by atoms with van der Waals surface area (Å²) in [6.07, 6.45) is 0. The van der Waals surface area contributed by atoms with Crippen LogP contribution in [-0.2, 0) is 0 Å². The van der Waals surface area contributed by atoms with Crippen LogP contribution in [0, 0.1) is 17.0 Å². The highest BCUT2D eigenvalue weighted by Crippen LogP contribution is 2.28. The van der Waals surface area contributed by atoms with E-state index in [1.54, 1.807) is 13.0 Å². The van der Waals surface area contributed by atoms with Gasteiger partial charge in [0.25, 0.3) is 5.69 Å².